The fourth-order valence-corrected chi connectivity index (χ4v) is 5.16. The number of nitrogens with zero attached hydrogens (tertiary/aromatic N) is 1. The van der Waals surface area contributed by atoms with E-state index >= 15 is 0 Å². The summed E-state index contributed by atoms with van der Waals surface area (Å²) >= 11 is 0. The summed E-state index contributed by atoms with van der Waals surface area (Å²) in [7, 11) is 0. The van der Waals surface area contributed by atoms with Crippen molar-refractivity contribution in [2.24, 2.45) is 5.92 Å². The normalized spacial score (nSPS) is 18.3. The summed E-state index contributed by atoms with van der Waals surface area (Å²) < 4.78 is 14.5. The van der Waals surface area contributed by atoms with Gasteiger partial charge in [-0.25, -0.2) is 4.39 Å². The predicted octanol–water partition coefficient (Wildman–Crippen LogP) is 8.89. The number of unbranched alkanes of at least 4 members (excludes halogenated alkanes) is 2. The molecule has 0 amide bonds. The molecular weight excluding hydrogens is 393 g/mol. The molecule has 1 aliphatic carbocycles. The van der Waals surface area contributed by atoms with Crippen LogP contribution in [0.25, 0.3) is 22.3 Å². The van der Waals surface area contributed by atoms with Crippen LogP contribution in [-0.2, 0) is 0 Å². The van der Waals surface area contributed by atoms with Crippen LogP contribution in [0.2, 0.25) is 0 Å². The van der Waals surface area contributed by atoms with Crippen LogP contribution in [0.15, 0.2) is 66.7 Å². The van der Waals surface area contributed by atoms with Crippen molar-refractivity contribution >= 4 is 0 Å². The molecule has 0 heterocycles. The average Bonchev–Trinajstić information content (AvgIpc) is 2.85. The van der Waals surface area contributed by atoms with Gasteiger partial charge in [0.25, 0.3) is 0 Å². The highest BCUT2D eigenvalue weighted by Crippen LogP contribution is 2.41. The van der Waals surface area contributed by atoms with Gasteiger partial charge in [-0.15, -0.1) is 0 Å². The monoisotopic (exact) mass is 425 g/mol. The minimum absolute atomic E-state index is 0.0903. The first-order chi connectivity index (χ1) is 15.7. The van der Waals surface area contributed by atoms with Crippen molar-refractivity contribution in [1.82, 2.24) is 0 Å². The molecule has 0 bridgehead atoms. The molecule has 0 aliphatic heterocycles. The zero-order valence-electron chi connectivity index (χ0n) is 19.0. The standard InChI is InChI=1S/C30H32FN/c1-2-3-5-8-22-11-13-23(14-12-22)25-17-18-28(24-9-6-4-7-10-24)29(19-25)26-15-16-27(21-32)30(31)20-26/h4,6-7,9-10,15-20,22-23H,2-3,5,8,11-14H2,1H3/t22-,23-. The van der Waals surface area contributed by atoms with Gasteiger partial charge in [-0.1, -0.05) is 87.2 Å². The maximum Gasteiger partial charge on any atom is 0.141 e. The minimum atomic E-state index is -0.456. The minimum Gasteiger partial charge on any atom is -0.206 e. The predicted molar refractivity (Wildman–Crippen MR) is 131 cm³/mol. The second-order valence-corrected chi connectivity index (χ2v) is 9.19. The Balaban J connectivity index is 1.63. The highest BCUT2D eigenvalue weighted by atomic mass is 19.1. The Bertz CT molecular complexity index is 1070. The Morgan fingerprint density at radius 2 is 1.62 bits per heavy atom. The SMILES string of the molecule is CCCCC[C@H]1CC[C@H](c2ccc(-c3ccccc3)c(-c3ccc(C#N)c(F)c3)c2)CC1. The molecular formula is C30H32FN. The molecule has 1 fully saturated rings. The Kier molecular flexibility index (Phi) is 7.38. The van der Waals surface area contributed by atoms with Crippen LogP contribution >= 0.6 is 0 Å². The average molecular weight is 426 g/mol. The highest BCUT2D eigenvalue weighted by Gasteiger charge is 2.23. The summed E-state index contributed by atoms with van der Waals surface area (Å²) in [5.74, 6) is 1.000. The largest absolute Gasteiger partial charge is 0.206 e. The van der Waals surface area contributed by atoms with Gasteiger partial charge in [0.1, 0.15) is 11.9 Å². The van der Waals surface area contributed by atoms with E-state index < -0.39 is 5.82 Å². The van der Waals surface area contributed by atoms with E-state index in [1.165, 1.54) is 63.0 Å². The van der Waals surface area contributed by atoms with E-state index in [2.05, 4.69) is 37.3 Å². The van der Waals surface area contributed by atoms with Crippen LogP contribution in [0, 0.1) is 23.1 Å². The van der Waals surface area contributed by atoms with E-state index in [4.69, 9.17) is 5.26 Å². The summed E-state index contributed by atoms with van der Waals surface area (Å²) in [4.78, 5) is 0. The van der Waals surface area contributed by atoms with Crippen molar-refractivity contribution in [3.05, 3.63) is 83.7 Å². The summed E-state index contributed by atoms with van der Waals surface area (Å²) in [5.41, 5.74) is 5.55. The quantitative estimate of drug-likeness (QED) is 0.347. The molecule has 1 nitrogen and oxygen atoms in total. The molecule has 0 aromatic heterocycles. The molecule has 3 aromatic rings. The Morgan fingerprint density at radius 1 is 0.844 bits per heavy atom. The molecule has 0 radical (unpaired) electrons. The zero-order chi connectivity index (χ0) is 22.3. The molecule has 164 valence electrons. The van der Waals surface area contributed by atoms with Gasteiger partial charge in [-0.3, -0.25) is 0 Å². The van der Waals surface area contributed by atoms with Crippen molar-refractivity contribution in [3.63, 3.8) is 0 Å². The van der Waals surface area contributed by atoms with Crippen LogP contribution < -0.4 is 0 Å². The van der Waals surface area contributed by atoms with Crippen LogP contribution in [0.1, 0.15) is 75.3 Å². The number of halogens is 1. The first-order valence-corrected chi connectivity index (χ1v) is 12.1. The Labute approximate surface area is 191 Å². The van der Waals surface area contributed by atoms with Crippen LogP contribution in [0.3, 0.4) is 0 Å². The molecule has 2 heteroatoms. The van der Waals surface area contributed by atoms with Gasteiger partial charge in [0.05, 0.1) is 5.56 Å². The van der Waals surface area contributed by atoms with E-state index in [9.17, 15) is 4.39 Å². The lowest BCUT2D eigenvalue weighted by Crippen LogP contribution is -2.13. The molecule has 1 aliphatic rings. The lowest BCUT2D eigenvalue weighted by Gasteiger charge is -2.29. The van der Waals surface area contributed by atoms with Gasteiger partial charge >= 0.3 is 0 Å². The van der Waals surface area contributed by atoms with Gasteiger partial charge in [0, 0.05) is 0 Å². The number of hydrogen-bond acceptors (Lipinski definition) is 1. The van der Waals surface area contributed by atoms with Crippen molar-refractivity contribution in [1.29, 1.82) is 5.26 Å². The third-order valence-electron chi connectivity index (χ3n) is 7.06. The van der Waals surface area contributed by atoms with Gasteiger partial charge in [0.2, 0.25) is 0 Å². The molecule has 0 saturated heterocycles. The van der Waals surface area contributed by atoms with Crippen LogP contribution in [0.4, 0.5) is 4.39 Å². The number of rotatable bonds is 7. The zero-order valence-corrected chi connectivity index (χ0v) is 19.0. The van der Waals surface area contributed by atoms with Crippen molar-refractivity contribution in [2.75, 3.05) is 0 Å². The molecule has 32 heavy (non-hydrogen) atoms. The maximum absolute atomic E-state index is 14.5. The van der Waals surface area contributed by atoms with Crippen LogP contribution in [0.5, 0.6) is 0 Å². The van der Waals surface area contributed by atoms with E-state index in [1.54, 1.807) is 6.07 Å². The Morgan fingerprint density at radius 3 is 2.31 bits per heavy atom. The smallest absolute Gasteiger partial charge is 0.141 e. The molecule has 4 rings (SSSR count). The fourth-order valence-electron chi connectivity index (χ4n) is 5.16. The fraction of sp³-hybridized carbons (Fsp3) is 0.367. The molecule has 0 spiro atoms. The lowest BCUT2D eigenvalue weighted by molar-refractivity contribution is 0.303. The van der Waals surface area contributed by atoms with Crippen LogP contribution in [-0.4, -0.2) is 0 Å². The first kappa shape index (κ1) is 22.3. The van der Waals surface area contributed by atoms with Gasteiger partial charge < -0.3 is 0 Å². The van der Waals surface area contributed by atoms with Crippen molar-refractivity contribution < 1.29 is 4.39 Å². The molecule has 0 unspecified atom stereocenters. The van der Waals surface area contributed by atoms with Gasteiger partial charge in [-0.05, 0) is 77.5 Å². The lowest BCUT2D eigenvalue weighted by atomic mass is 9.76. The Hall–Kier alpha value is -2.92. The summed E-state index contributed by atoms with van der Waals surface area (Å²) in [5, 5.41) is 9.13. The third kappa shape index (κ3) is 5.10. The van der Waals surface area contributed by atoms with Gasteiger partial charge in [0.15, 0.2) is 0 Å². The maximum atomic E-state index is 14.5. The topological polar surface area (TPSA) is 23.8 Å². The number of nitriles is 1. The molecule has 0 atom stereocenters. The van der Waals surface area contributed by atoms with Crippen molar-refractivity contribution in [3.8, 4) is 28.3 Å². The van der Waals surface area contributed by atoms with E-state index in [0.29, 0.717) is 5.92 Å². The van der Waals surface area contributed by atoms with E-state index in [-0.39, 0.29) is 5.56 Å². The van der Waals surface area contributed by atoms with Crippen molar-refractivity contribution in [2.45, 2.75) is 64.2 Å². The first-order valence-electron chi connectivity index (χ1n) is 12.1. The van der Waals surface area contributed by atoms with E-state index in [1.807, 2.05) is 30.3 Å². The van der Waals surface area contributed by atoms with E-state index in [0.717, 1.165) is 28.2 Å². The second kappa shape index (κ2) is 10.6. The summed E-state index contributed by atoms with van der Waals surface area (Å²) in [6.45, 7) is 2.27. The highest BCUT2D eigenvalue weighted by molar-refractivity contribution is 5.84. The molecule has 1 saturated carbocycles. The van der Waals surface area contributed by atoms with Gasteiger partial charge in [-0.2, -0.15) is 5.26 Å². The summed E-state index contributed by atoms with van der Waals surface area (Å²) in [6.07, 6.45) is 10.5. The summed E-state index contributed by atoms with van der Waals surface area (Å²) in [6, 6.07) is 23.9. The third-order valence-corrected chi connectivity index (χ3v) is 7.06. The second-order valence-electron chi connectivity index (χ2n) is 9.19. The number of benzene rings is 3. The number of hydrogen-bond donors (Lipinski definition) is 0. The molecule has 0 N–H and O–H groups in total. The molecule has 3 aromatic carbocycles.